The van der Waals surface area contributed by atoms with Crippen LogP contribution in [0.1, 0.15) is 24.2 Å². The minimum Gasteiger partial charge on any atom is -0.443 e. The predicted molar refractivity (Wildman–Crippen MR) is 113 cm³/mol. The number of ether oxygens (including phenoxy) is 2. The van der Waals surface area contributed by atoms with Crippen LogP contribution in [-0.4, -0.2) is 5.90 Å². The average Bonchev–Trinajstić information content (AvgIpc) is 2.91. The summed E-state index contributed by atoms with van der Waals surface area (Å²) in [5.74, 6) is -3.11. The standard InChI is InChI=1S/C22H13Cl3N4O2/c1-12-21(11-28)19(29)31-22(12,13-4-2-5-14(23)8-13)30-18(20(21,9-26)10-27)17-15(24)6-3-7-16(17)25/h2-8,12,18,29H,1H3. The Morgan fingerprint density at radius 1 is 0.968 bits per heavy atom. The molecule has 2 fully saturated rings. The third-order valence-electron chi connectivity index (χ3n) is 6.16. The molecule has 0 spiro atoms. The molecule has 0 aromatic heterocycles. The van der Waals surface area contributed by atoms with Gasteiger partial charge in [0.2, 0.25) is 17.1 Å². The highest BCUT2D eigenvalue weighted by Gasteiger charge is 2.80. The molecule has 2 bridgehead atoms. The van der Waals surface area contributed by atoms with E-state index in [9.17, 15) is 15.8 Å². The van der Waals surface area contributed by atoms with E-state index in [0.717, 1.165) is 0 Å². The Labute approximate surface area is 193 Å². The van der Waals surface area contributed by atoms with Gasteiger partial charge in [-0.25, -0.2) is 0 Å². The smallest absolute Gasteiger partial charge is 0.244 e. The van der Waals surface area contributed by atoms with E-state index in [1.807, 2.05) is 12.1 Å². The zero-order valence-electron chi connectivity index (χ0n) is 16.0. The summed E-state index contributed by atoms with van der Waals surface area (Å²) in [4.78, 5) is 0. The second-order valence-corrected chi connectivity index (χ2v) is 8.67. The van der Waals surface area contributed by atoms with Crippen molar-refractivity contribution in [2.24, 2.45) is 16.7 Å². The molecule has 31 heavy (non-hydrogen) atoms. The van der Waals surface area contributed by atoms with Gasteiger partial charge in [-0.3, -0.25) is 5.41 Å². The lowest BCUT2D eigenvalue weighted by Crippen LogP contribution is -2.57. The Hall–Kier alpha value is -2.79. The Bertz CT molecular complexity index is 1210. The molecule has 0 aliphatic carbocycles. The van der Waals surface area contributed by atoms with Crippen molar-refractivity contribution in [2.45, 2.75) is 18.8 Å². The first-order chi connectivity index (χ1) is 14.7. The predicted octanol–water partition coefficient (Wildman–Crippen LogP) is 5.76. The molecule has 2 saturated heterocycles. The van der Waals surface area contributed by atoms with Gasteiger partial charge < -0.3 is 9.47 Å². The molecule has 4 unspecified atom stereocenters. The van der Waals surface area contributed by atoms with E-state index >= 15 is 0 Å². The molecule has 154 valence electrons. The van der Waals surface area contributed by atoms with E-state index in [-0.39, 0.29) is 15.6 Å². The Morgan fingerprint density at radius 2 is 1.58 bits per heavy atom. The van der Waals surface area contributed by atoms with Crippen LogP contribution in [0.15, 0.2) is 42.5 Å². The number of fused-ring (bicyclic) bond motifs is 2. The van der Waals surface area contributed by atoms with Crippen molar-refractivity contribution in [2.75, 3.05) is 0 Å². The molecule has 0 radical (unpaired) electrons. The maximum Gasteiger partial charge on any atom is 0.244 e. The number of nitriles is 3. The minimum atomic E-state index is -2.16. The first-order valence-corrected chi connectivity index (χ1v) is 10.3. The fourth-order valence-corrected chi connectivity index (χ4v) is 5.38. The topological polar surface area (TPSA) is 114 Å². The highest BCUT2D eigenvalue weighted by Crippen LogP contribution is 2.69. The van der Waals surface area contributed by atoms with E-state index in [4.69, 9.17) is 49.7 Å². The van der Waals surface area contributed by atoms with Crippen molar-refractivity contribution in [1.29, 1.82) is 21.2 Å². The van der Waals surface area contributed by atoms with Crippen molar-refractivity contribution < 1.29 is 9.47 Å². The van der Waals surface area contributed by atoms with Gasteiger partial charge in [-0.1, -0.05) is 59.9 Å². The molecule has 1 N–H and O–H groups in total. The third kappa shape index (κ3) is 2.50. The van der Waals surface area contributed by atoms with Crippen molar-refractivity contribution >= 4 is 40.7 Å². The van der Waals surface area contributed by atoms with Gasteiger partial charge >= 0.3 is 0 Å². The van der Waals surface area contributed by atoms with Crippen molar-refractivity contribution in [1.82, 2.24) is 0 Å². The lowest BCUT2D eigenvalue weighted by atomic mass is 9.53. The van der Waals surface area contributed by atoms with Gasteiger partial charge in [0.25, 0.3) is 0 Å². The molecule has 2 aliphatic rings. The highest BCUT2D eigenvalue weighted by molar-refractivity contribution is 6.36. The average molecular weight is 472 g/mol. The van der Waals surface area contributed by atoms with E-state index in [1.54, 1.807) is 49.4 Å². The molecule has 0 amide bonds. The van der Waals surface area contributed by atoms with Crippen LogP contribution in [0.3, 0.4) is 0 Å². The molecular weight excluding hydrogens is 459 g/mol. The number of rotatable bonds is 2. The summed E-state index contributed by atoms with van der Waals surface area (Å²) >= 11 is 19.0. The number of hydrogen-bond acceptors (Lipinski definition) is 6. The van der Waals surface area contributed by atoms with E-state index in [2.05, 4.69) is 6.07 Å². The fourth-order valence-electron chi connectivity index (χ4n) is 4.59. The second-order valence-electron chi connectivity index (χ2n) is 7.42. The number of nitrogens with zero attached hydrogens (tertiary/aromatic N) is 3. The van der Waals surface area contributed by atoms with E-state index in [1.165, 1.54) is 0 Å². The molecular formula is C22H13Cl3N4O2. The van der Waals surface area contributed by atoms with Gasteiger partial charge in [0.05, 0.1) is 24.1 Å². The van der Waals surface area contributed by atoms with Gasteiger partial charge in [-0.15, -0.1) is 0 Å². The quantitative estimate of drug-likeness (QED) is 0.598. The zero-order chi connectivity index (χ0) is 22.6. The largest absolute Gasteiger partial charge is 0.443 e. The van der Waals surface area contributed by atoms with Crippen LogP contribution in [0.25, 0.3) is 0 Å². The van der Waals surface area contributed by atoms with Gasteiger partial charge in [-0.05, 0) is 24.3 Å². The molecule has 0 saturated carbocycles. The molecule has 2 heterocycles. The lowest BCUT2D eigenvalue weighted by Gasteiger charge is -2.49. The fraction of sp³-hybridized carbons (Fsp3) is 0.273. The van der Waals surface area contributed by atoms with Crippen LogP contribution < -0.4 is 0 Å². The summed E-state index contributed by atoms with van der Waals surface area (Å²) in [6.07, 6.45) is -1.39. The van der Waals surface area contributed by atoms with Crippen LogP contribution in [0.2, 0.25) is 15.1 Å². The van der Waals surface area contributed by atoms with Gasteiger partial charge in [-0.2, -0.15) is 15.8 Å². The van der Waals surface area contributed by atoms with Gasteiger partial charge in [0.15, 0.2) is 5.41 Å². The van der Waals surface area contributed by atoms with Gasteiger partial charge in [0.1, 0.15) is 6.10 Å². The van der Waals surface area contributed by atoms with Crippen LogP contribution in [-0.2, 0) is 15.3 Å². The number of hydrogen-bond donors (Lipinski definition) is 1. The van der Waals surface area contributed by atoms with Crippen molar-refractivity contribution in [3.63, 3.8) is 0 Å². The molecule has 9 heteroatoms. The minimum absolute atomic E-state index is 0.155. The van der Waals surface area contributed by atoms with E-state index in [0.29, 0.717) is 10.6 Å². The number of halogens is 3. The molecule has 2 aromatic rings. The monoisotopic (exact) mass is 470 g/mol. The van der Waals surface area contributed by atoms with Crippen LogP contribution in [0.5, 0.6) is 0 Å². The molecule has 4 rings (SSSR count). The van der Waals surface area contributed by atoms with Gasteiger partial charge in [0, 0.05) is 26.2 Å². The second kappa shape index (κ2) is 7.13. The maximum atomic E-state index is 10.3. The summed E-state index contributed by atoms with van der Waals surface area (Å²) < 4.78 is 12.3. The Balaban J connectivity index is 2.10. The number of benzene rings is 2. The van der Waals surface area contributed by atoms with Crippen LogP contribution in [0.4, 0.5) is 0 Å². The summed E-state index contributed by atoms with van der Waals surface area (Å²) in [7, 11) is 0. The molecule has 4 atom stereocenters. The van der Waals surface area contributed by atoms with Crippen LogP contribution >= 0.6 is 34.8 Å². The molecule has 6 nitrogen and oxygen atoms in total. The highest BCUT2D eigenvalue weighted by atomic mass is 35.5. The Kier molecular flexibility index (Phi) is 4.93. The third-order valence-corrected chi connectivity index (χ3v) is 7.05. The normalized spacial score (nSPS) is 30.5. The van der Waals surface area contributed by atoms with Crippen molar-refractivity contribution in [3.8, 4) is 18.2 Å². The van der Waals surface area contributed by atoms with E-state index < -0.39 is 34.5 Å². The molecule has 2 aliphatic heterocycles. The summed E-state index contributed by atoms with van der Waals surface area (Å²) in [5, 5.41) is 40.1. The Morgan fingerprint density at radius 3 is 2.13 bits per heavy atom. The van der Waals surface area contributed by atoms with Crippen LogP contribution in [0, 0.1) is 56.2 Å². The molecule has 2 aromatic carbocycles. The summed E-state index contributed by atoms with van der Waals surface area (Å²) in [5.41, 5.74) is -3.51. The SMILES string of the molecule is CC1C2(c3cccc(Cl)c3)OC(=N)C1(C#N)C(C#N)(C#N)C(c1c(Cl)cccc1Cl)O2. The summed E-state index contributed by atoms with van der Waals surface area (Å²) in [6, 6.07) is 17.3. The maximum absolute atomic E-state index is 10.3. The first-order valence-electron chi connectivity index (χ1n) is 9.13. The lowest BCUT2D eigenvalue weighted by molar-refractivity contribution is -0.288. The van der Waals surface area contributed by atoms with Crippen molar-refractivity contribution in [3.05, 3.63) is 68.7 Å². The first kappa shape index (κ1) is 21.4. The summed E-state index contributed by atoms with van der Waals surface area (Å²) in [6.45, 7) is 1.61. The zero-order valence-corrected chi connectivity index (χ0v) is 18.3. The number of nitrogens with one attached hydrogen (secondary N) is 1.